The number of hydrogen-bond donors (Lipinski definition) is 2. The molecule has 6 nitrogen and oxygen atoms in total. The summed E-state index contributed by atoms with van der Waals surface area (Å²) < 4.78 is 0. The lowest BCUT2D eigenvalue weighted by Gasteiger charge is -1.89. The standard InChI is InChI=1S/C2H2O6/c3-1(4)7-8-2(5)6/h(H,3,4)(H,5,6)/p+1. The molecule has 0 unspecified atom stereocenters. The van der Waals surface area contributed by atoms with E-state index in [0.717, 1.165) is 0 Å². The first-order valence-electron chi connectivity index (χ1n) is 1.43. The Morgan fingerprint density at radius 3 is 1.50 bits per heavy atom. The van der Waals surface area contributed by atoms with Gasteiger partial charge in [-0.15, -0.1) is 0 Å². The molecular formula is C2H3O6+. The van der Waals surface area contributed by atoms with E-state index < -0.39 is 12.3 Å². The van der Waals surface area contributed by atoms with E-state index >= 15 is 0 Å². The zero-order chi connectivity index (χ0) is 6.57. The normalized spacial score (nSPS) is 7.50. The Kier molecular flexibility index (Phi) is 2.18. The fourth-order valence-electron chi connectivity index (χ4n) is 0.0713. The van der Waals surface area contributed by atoms with Crippen LogP contribution in [0.15, 0.2) is 0 Å². The lowest BCUT2D eigenvalue weighted by atomic mass is 11.4. The molecule has 0 fully saturated rings. The highest BCUT2D eigenvalue weighted by molar-refractivity contribution is 5.60. The van der Waals surface area contributed by atoms with Gasteiger partial charge in [-0.25, -0.2) is 19.4 Å². The Bertz CT molecular complexity index is 95.6. The molecule has 0 amide bonds. The molecule has 0 spiro atoms. The monoisotopic (exact) mass is 123 g/mol. The number of carboxylic acid groups (broad SMARTS) is 2. The molecule has 46 valence electrons. The van der Waals surface area contributed by atoms with Crippen molar-refractivity contribution in [3.8, 4) is 0 Å². The third-order valence-corrected chi connectivity index (χ3v) is 0.184. The van der Waals surface area contributed by atoms with Crippen LogP contribution in [0, 0.1) is 0 Å². The molecule has 0 aliphatic heterocycles. The van der Waals surface area contributed by atoms with E-state index in [-0.39, 0.29) is 1.43 Å². The fraction of sp³-hybridized carbons (Fsp3) is 0. The highest BCUT2D eigenvalue weighted by atomic mass is 17.2. The van der Waals surface area contributed by atoms with Crippen molar-refractivity contribution < 1.29 is 31.0 Å². The molecule has 8 heavy (non-hydrogen) atoms. The second kappa shape index (κ2) is 2.67. The van der Waals surface area contributed by atoms with E-state index in [1.54, 1.807) is 0 Å². The molecule has 0 aromatic carbocycles. The van der Waals surface area contributed by atoms with Crippen LogP contribution in [0.1, 0.15) is 1.43 Å². The maximum absolute atomic E-state index is 9.29. The van der Waals surface area contributed by atoms with E-state index in [2.05, 4.69) is 9.78 Å². The summed E-state index contributed by atoms with van der Waals surface area (Å²) in [5.41, 5.74) is 0. The predicted molar refractivity (Wildman–Crippen MR) is 19.3 cm³/mol. The third-order valence-electron chi connectivity index (χ3n) is 0.184. The quantitative estimate of drug-likeness (QED) is 0.357. The smallest absolute Gasteiger partial charge is 0.447 e. The number of hydrogen-bond acceptors (Lipinski definition) is 4. The molecule has 0 aliphatic rings. The number of carbonyl (C=O) groups is 2. The SMILES string of the molecule is O=C(O)OOC(=O)O.[H+]. The van der Waals surface area contributed by atoms with Gasteiger partial charge in [-0.05, 0) is 0 Å². The zero-order valence-corrected chi connectivity index (χ0v) is 3.53. The van der Waals surface area contributed by atoms with Gasteiger partial charge in [0, 0.05) is 0 Å². The van der Waals surface area contributed by atoms with Crippen LogP contribution in [0.3, 0.4) is 0 Å². The van der Waals surface area contributed by atoms with Gasteiger partial charge in [0.2, 0.25) is 0 Å². The summed E-state index contributed by atoms with van der Waals surface area (Å²) in [6.45, 7) is 0. The molecule has 6 heteroatoms. The summed E-state index contributed by atoms with van der Waals surface area (Å²) in [6.07, 6.45) is -3.60. The average molecular weight is 123 g/mol. The second-order valence-electron chi connectivity index (χ2n) is 0.698. The van der Waals surface area contributed by atoms with Gasteiger partial charge >= 0.3 is 13.7 Å². The predicted octanol–water partition coefficient (Wildman–Crippen LogP) is 0.403. The van der Waals surface area contributed by atoms with E-state index in [0.29, 0.717) is 0 Å². The van der Waals surface area contributed by atoms with E-state index in [1.807, 2.05) is 0 Å². The van der Waals surface area contributed by atoms with Gasteiger partial charge in [0.05, 0.1) is 0 Å². The van der Waals surface area contributed by atoms with E-state index in [9.17, 15) is 9.59 Å². The van der Waals surface area contributed by atoms with Gasteiger partial charge in [-0.3, -0.25) is 0 Å². The van der Waals surface area contributed by atoms with Crippen molar-refractivity contribution in [3.05, 3.63) is 0 Å². The van der Waals surface area contributed by atoms with Gasteiger partial charge in [0.1, 0.15) is 0 Å². The van der Waals surface area contributed by atoms with Crippen LogP contribution >= 0.6 is 0 Å². The topological polar surface area (TPSA) is 93.1 Å². The highest BCUT2D eigenvalue weighted by Crippen LogP contribution is 1.78. The molecule has 0 bridgehead atoms. The summed E-state index contributed by atoms with van der Waals surface area (Å²) in [5, 5.41) is 15.1. The van der Waals surface area contributed by atoms with Crippen molar-refractivity contribution in [2.24, 2.45) is 0 Å². The van der Waals surface area contributed by atoms with Crippen LogP contribution in [0.25, 0.3) is 0 Å². The average Bonchev–Trinajstić information content (AvgIpc) is 1.61. The minimum atomic E-state index is -1.80. The van der Waals surface area contributed by atoms with Crippen molar-refractivity contribution in [2.45, 2.75) is 0 Å². The molecular weight excluding hydrogens is 120 g/mol. The van der Waals surface area contributed by atoms with Gasteiger partial charge in [0.25, 0.3) is 0 Å². The Hall–Kier alpha value is -1.46. The van der Waals surface area contributed by atoms with Crippen LogP contribution in [-0.4, -0.2) is 22.5 Å². The molecule has 0 saturated carbocycles. The molecule has 0 atom stereocenters. The largest absolute Gasteiger partial charge is 1.00 e. The van der Waals surface area contributed by atoms with Crippen LogP contribution < -0.4 is 0 Å². The van der Waals surface area contributed by atoms with Gasteiger partial charge in [-0.1, -0.05) is 0 Å². The Labute approximate surface area is 44.7 Å². The van der Waals surface area contributed by atoms with E-state index in [1.165, 1.54) is 0 Å². The maximum atomic E-state index is 9.29. The van der Waals surface area contributed by atoms with Crippen molar-refractivity contribution in [3.63, 3.8) is 0 Å². The molecule has 0 saturated heterocycles. The van der Waals surface area contributed by atoms with Crippen LogP contribution in [0.4, 0.5) is 9.59 Å². The lowest BCUT2D eigenvalue weighted by molar-refractivity contribution is -0.208. The first kappa shape index (κ1) is 6.54. The summed E-state index contributed by atoms with van der Waals surface area (Å²) in [4.78, 5) is 24.8. The minimum Gasteiger partial charge on any atom is -0.447 e. The molecule has 0 radical (unpaired) electrons. The minimum absolute atomic E-state index is 0. The van der Waals surface area contributed by atoms with Gasteiger partial charge in [-0.2, -0.15) is 0 Å². The Balaban J connectivity index is 0. The summed E-state index contributed by atoms with van der Waals surface area (Å²) >= 11 is 0. The second-order valence-corrected chi connectivity index (χ2v) is 0.698. The van der Waals surface area contributed by atoms with Crippen molar-refractivity contribution >= 4 is 12.3 Å². The van der Waals surface area contributed by atoms with Crippen molar-refractivity contribution in [1.29, 1.82) is 0 Å². The van der Waals surface area contributed by atoms with Crippen LogP contribution in [0.5, 0.6) is 0 Å². The van der Waals surface area contributed by atoms with Crippen LogP contribution in [0.2, 0.25) is 0 Å². The molecule has 0 aromatic rings. The van der Waals surface area contributed by atoms with Gasteiger partial charge in [0.15, 0.2) is 0 Å². The molecule has 0 aliphatic carbocycles. The molecule has 0 aromatic heterocycles. The number of rotatable bonds is 0. The fourth-order valence-corrected chi connectivity index (χ4v) is 0.0713. The maximum Gasteiger partial charge on any atom is 1.00 e. The first-order valence-corrected chi connectivity index (χ1v) is 1.43. The lowest BCUT2D eigenvalue weighted by Crippen LogP contribution is -2.05. The first-order chi connectivity index (χ1) is 3.63. The molecule has 2 N–H and O–H groups in total. The van der Waals surface area contributed by atoms with Crippen LogP contribution in [-0.2, 0) is 9.78 Å². The third kappa shape index (κ3) is 4.54. The van der Waals surface area contributed by atoms with Gasteiger partial charge < -0.3 is 10.2 Å². The van der Waals surface area contributed by atoms with Crippen molar-refractivity contribution in [2.75, 3.05) is 0 Å². The summed E-state index contributed by atoms with van der Waals surface area (Å²) in [5.74, 6) is 0. The Morgan fingerprint density at radius 1 is 1.12 bits per heavy atom. The molecule has 0 heterocycles. The summed E-state index contributed by atoms with van der Waals surface area (Å²) in [7, 11) is 0. The summed E-state index contributed by atoms with van der Waals surface area (Å²) in [6, 6.07) is 0. The highest BCUT2D eigenvalue weighted by Gasteiger charge is 2.01. The zero-order valence-electron chi connectivity index (χ0n) is 4.53. The Morgan fingerprint density at radius 2 is 1.38 bits per heavy atom. The molecule has 0 rings (SSSR count). The van der Waals surface area contributed by atoms with E-state index in [4.69, 9.17) is 10.2 Å². The van der Waals surface area contributed by atoms with Crippen molar-refractivity contribution in [1.82, 2.24) is 0 Å².